The van der Waals surface area contributed by atoms with E-state index in [0.717, 1.165) is 14.6 Å². The first-order valence-corrected chi connectivity index (χ1v) is 7.65. The molecule has 3 rings (SSSR count). The standard InChI is InChI=1S/C15H11BrN2OS/c16-12-6-5-9(7-13(12)17)18-15(19)11-8-20-14-4-2-1-3-10(11)14/h1-8H,17H2,(H,18,19). The molecule has 0 unspecified atom stereocenters. The van der Waals surface area contributed by atoms with Crippen molar-refractivity contribution in [3.8, 4) is 0 Å². The van der Waals surface area contributed by atoms with Gasteiger partial charge in [-0.2, -0.15) is 0 Å². The molecule has 100 valence electrons. The van der Waals surface area contributed by atoms with Gasteiger partial charge in [0.2, 0.25) is 0 Å². The van der Waals surface area contributed by atoms with E-state index in [1.165, 1.54) is 0 Å². The second-order valence-electron chi connectivity index (χ2n) is 4.34. The van der Waals surface area contributed by atoms with Gasteiger partial charge >= 0.3 is 0 Å². The minimum absolute atomic E-state index is 0.121. The van der Waals surface area contributed by atoms with Gasteiger partial charge < -0.3 is 11.1 Å². The van der Waals surface area contributed by atoms with Gasteiger partial charge in [0.05, 0.1) is 5.56 Å². The van der Waals surface area contributed by atoms with Crippen LogP contribution in [-0.2, 0) is 0 Å². The van der Waals surface area contributed by atoms with Crippen LogP contribution in [0.2, 0.25) is 0 Å². The number of fused-ring (bicyclic) bond motifs is 1. The largest absolute Gasteiger partial charge is 0.398 e. The quantitative estimate of drug-likeness (QED) is 0.671. The highest BCUT2D eigenvalue weighted by atomic mass is 79.9. The summed E-state index contributed by atoms with van der Waals surface area (Å²) in [6, 6.07) is 13.2. The number of nitrogen functional groups attached to an aromatic ring is 1. The van der Waals surface area contributed by atoms with E-state index in [4.69, 9.17) is 5.73 Å². The highest BCUT2D eigenvalue weighted by molar-refractivity contribution is 9.10. The van der Waals surface area contributed by atoms with Gasteiger partial charge in [0, 0.05) is 31.3 Å². The Balaban J connectivity index is 1.91. The van der Waals surface area contributed by atoms with Crippen molar-refractivity contribution in [1.29, 1.82) is 0 Å². The summed E-state index contributed by atoms with van der Waals surface area (Å²) < 4.78 is 1.92. The summed E-state index contributed by atoms with van der Waals surface area (Å²) in [6.45, 7) is 0. The van der Waals surface area contributed by atoms with Gasteiger partial charge in [-0.25, -0.2) is 0 Å². The summed E-state index contributed by atoms with van der Waals surface area (Å²) in [7, 11) is 0. The Hall–Kier alpha value is -1.85. The lowest BCUT2D eigenvalue weighted by Gasteiger charge is -2.06. The number of rotatable bonds is 2. The van der Waals surface area contributed by atoms with Gasteiger partial charge in [-0.3, -0.25) is 4.79 Å². The molecule has 1 heterocycles. The van der Waals surface area contributed by atoms with Gasteiger partial charge in [-0.05, 0) is 40.2 Å². The van der Waals surface area contributed by atoms with Crippen LogP contribution < -0.4 is 11.1 Å². The Morgan fingerprint density at radius 1 is 1.20 bits per heavy atom. The summed E-state index contributed by atoms with van der Waals surface area (Å²) in [6.07, 6.45) is 0. The summed E-state index contributed by atoms with van der Waals surface area (Å²) >= 11 is 4.90. The molecule has 5 heteroatoms. The SMILES string of the molecule is Nc1cc(NC(=O)c2csc3ccccc23)ccc1Br. The zero-order chi connectivity index (χ0) is 14.1. The Morgan fingerprint density at radius 3 is 2.80 bits per heavy atom. The highest BCUT2D eigenvalue weighted by Crippen LogP contribution is 2.27. The third kappa shape index (κ3) is 2.42. The van der Waals surface area contributed by atoms with Gasteiger partial charge in [0.25, 0.3) is 5.91 Å². The summed E-state index contributed by atoms with van der Waals surface area (Å²) in [5, 5.41) is 5.72. The molecular weight excluding hydrogens is 336 g/mol. The van der Waals surface area contributed by atoms with Crippen molar-refractivity contribution < 1.29 is 4.79 Å². The first kappa shape index (κ1) is 13.1. The van der Waals surface area contributed by atoms with Gasteiger partial charge in [0.1, 0.15) is 0 Å². The monoisotopic (exact) mass is 346 g/mol. The second kappa shape index (κ2) is 5.26. The van der Waals surface area contributed by atoms with E-state index in [1.54, 1.807) is 17.4 Å². The van der Waals surface area contributed by atoms with E-state index >= 15 is 0 Å². The maximum Gasteiger partial charge on any atom is 0.257 e. The number of hydrogen-bond acceptors (Lipinski definition) is 3. The average molecular weight is 347 g/mol. The van der Waals surface area contributed by atoms with Crippen LogP contribution in [-0.4, -0.2) is 5.91 Å². The molecule has 20 heavy (non-hydrogen) atoms. The topological polar surface area (TPSA) is 55.1 Å². The zero-order valence-corrected chi connectivity index (χ0v) is 12.8. The van der Waals surface area contributed by atoms with Crippen LogP contribution in [0.3, 0.4) is 0 Å². The number of anilines is 2. The van der Waals surface area contributed by atoms with Crippen LogP contribution in [0.25, 0.3) is 10.1 Å². The van der Waals surface area contributed by atoms with Crippen LogP contribution in [0.1, 0.15) is 10.4 Å². The Bertz CT molecular complexity index is 797. The van der Waals surface area contributed by atoms with E-state index < -0.39 is 0 Å². The number of amides is 1. The molecule has 0 spiro atoms. The molecule has 3 nitrogen and oxygen atoms in total. The van der Waals surface area contributed by atoms with Crippen LogP contribution in [0.4, 0.5) is 11.4 Å². The van der Waals surface area contributed by atoms with E-state index in [9.17, 15) is 4.79 Å². The molecule has 0 aliphatic carbocycles. The molecule has 3 N–H and O–H groups in total. The molecular formula is C15H11BrN2OS. The minimum atomic E-state index is -0.121. The number of hydrogen-bond donors (Lipinski definition) is 2. The number of thiophene rings is 1. The predicted molar refractivity (Wildman–Crippen MR) is 88.3 cm³/mol. The Kier molecular flexibility index (Phi) is 3.46. The van der Waals surface area contributed by atoms with Crippen molar-refractivity contribution in [2.75, 3.05) is 11.1 Å². The first-order chi connectivity index (χ1) is 9.65. The van der Waals surface area contributed by atoms with Gasteiger partial charge in [-0.1, -0.05) is 18.2 Å². The molecule has 3 aromatic rings. The summed E-state index contributed by atoms with van der Waals surface area (Å²) in [5.41, 5.74) is 7.78. The normalized spacial score (nSPS) is 10.7. The van der Waals surface area contributed by atoms with Gasteiger partial charge in [0.15, 0.2) is 0 Å². The third-order valence-electron chi connectivity index (χ3n) is 2.98. The van der Waals surface area contributed by atoms with Crippen molar-refractivity contribution in [2.45, 2.75) is 0 Å². The molecule has 0 saturated heterocycles. The van der Waals surface area contributed by atoms with E-state index in [0.29, 0.717) is 16.9 Å². The van der Waals surface area contributed by atoms with Crippen molar-refractivity contribution in [3.05, 3.63) is 57.9 Å². The lowest BCUT2D eigenvalue weighted by Crippen LogP contribution is -2.11. The molecule has 0 fully saturated rings. The summed E-state index contributed by atoms with van der Waals surface area (Å²) in [4.78, 5) is 12.3. The van der Waals surface area contributed by atoms with E-state index in [1.807, 2.05) is 41.8 Å². The van der Waals surface area contributed by atoms with Crippen molar-refractivity contribution >= 4 is 54.6 Å². The second-order valence-corrected chi connectivity index (χ2v) is 6.10. The number of benzene rings is 2. The number of nitrogens with one attached hydrogen (secondary N) is 1. The summed E-state index contributed by atoms with van der Waals surface area (Å²) in [5.74, 6) is -0.121. The lowest BCUT2D eigenvalue weighted by atomic mass is 10.1. The number of halogens is 1. The van der Waals surface area contributed by atoms with Crippen molar-refractivity contribution in [3.63, 3.8) is 0 Å². The predicted octanol–water partition coefficient (Wildman–Crippen LogP) is 4.50. The number of carbonyl (C=O) groups is 1. The molecule has 0 atom stereocenters. The molecule has 0 bridgehead atoms. The third-order valence-corrected chi connectivity index (χ3v) is 4.67. The van der Waals surface area contributed by atoms with Crippen molar-refractivity contribution in [2.24, 2.45) is 0 Å². The zero-order valence-electron chi connectivity index (χ0n) is 10.4. The van der Waals surface area contributed by atoms with Gasteiger partial charge in [-0.15, -0.1) is 11.3 Å². The molecule has 0 aliphatic rings. The highest BCUT2D eigenvalue weighted by Gasteiger charge is 2.12. The van der Waals surface area contributed by atoms with Crippen LogP contribution in [0.5, 0.6) is 0 Å². The molecule has 0 aliphatic heterocycles. The van der Waals surface area contributed by atoms with Crippen LogP contribution >= 0.6 is 27.3 Å². The van der Waals surface area contributed by atoms with Crippen LogP contribution in [0, 0.1) is 0 Å². The molecule has 1 amide bonds. The molecule has 0 radical (unpaired) electrons. The first-order valence-electron chi connectivity index (χ1n) is 5.98. The number of carbonyl (C=O) groups excluding carboxylic acids is 1. The fourth-order valence-corrected chi connectivity index (χ4v) is 3.16. The van der Waals surface area contributed by atoms with E-state index in [-0.39, 0.29) is 5.91 Å². The van der Waals surface area contributed by atoms with Crippen LogP contribution in [0.15, 0.2) is 52.3 Å². The maximum atomic E-state index is 12.3. The maximum absolute atomic E-state index is 12.3. The Labute approximate surface area is 128 Å². The molecule has 1 aromatic heterocycles. The fourth-order valence-electron chi connectivity index (χ4n) is 1.97. The smallest absolute Gasteiger partial charge is 0.257 e. The average Bonchev–Trinajstić information content (AvgIpc) is 2.87. The minimum Gasteiger partial charge on any atom is -0.398 e. The molecule has 0 saturated carbocycles. The Morgan fingerprint density at radius 2 is 2.00 bits per heavy atom. The number of nitrogens with two attached hydrogens (primary N) is 1. The fraction of sp³-hybridized carbons (Fsp3) is 0. The molecule has 2 aromatic carbocycles. The lowest BCUT2D eigenvalue weighted by molar-refractivity contribution is 0.102. The van der Waals surface area contributed by atoms with E-state index in [2.05, 4.69) is 21.2 Å². The van der Waals surface area contributed by atoms with Crippen molar-refractivity contribution in [1.82, 2.24) is 0 Å².